The molecular formula is C20H14BrFS. The van der Waals surface area contributed by atoms with Gasteiger partial charge >= 0.3 is 0 Å². The molecule has 0 atom stereocenters. The second-order valence-corrected chi connectivity index (χ2v) is 6.75. The fraction of sp³-hybridized carbons (Fsp3) is 0. The molecule has 3 aromatic rings. The molecule has 0 heterocycles. The highest BCUT2D eigenvalue weighted by atomic mass is 79.9. The third kappa shape index (κ3) is 3.92. The average molecular weight is 385 g/mol. The quantitative estimate of drug-likeness (QED) is 0.350. The molecule has 0 saturated heterocycles. The molecule has 0 amide bonds. The summed E-state index contributed by atoms with van der Waals surface area (Å²) in [5.41, 5.74) is 2.12. The van der Waals surface area contributed by atoms with Crippen molar-refractivity contribution in [3.8, 4) is 0 Å². The predicted octanol–water partition coefficient (Wildman–Crippen LogP) is 6.84. The lowest BCUT2D eigenvalue weighted by Crippen LogP contribution is -1.87. The van der Waals surface area contributed by atoms with Crippen LogP contribution in [-0.2, 0) is 0 Å². The van der Waals surface area contributed by atoms with Crippen LogP contribution in [0.1, 0.15) is 11.1 Å². The molecular weight excluding hydrogens is 371 g/mol. The minimum Gasteiger partial charge on any atom is -0.206 e. The van der Waals surface area contributed by atoms with Crippen LogP contribution in [-0.4, -0.2) is 0 Å². The van der Waals surface area contributed by atoms with Gasteiger partial charge in [0.2, 0.25) is 0 Å². The van der Waals surface area contributed by atoms with Gasteiger partial charge in [0.05, 0.1) is 0 Å². The lowest BCUT2D eigenvalue weighted by molar-refractivity contribution is 0.602. The van der Waals surface area contributed by atoms with Crippen LogP contribution in [0, 0.1) is 5.82 Å². The summed E-state index contributed by atoms with van der Waals surface area (Å²) in [5.74, 6) is -0.209. The average Bonchev–Trinajstić information content (AvgIpc) is 2.62. The Bertz CT molecular complexity index is 813. The highest BCUT2D eigenvalue weighted by Gasteiger charge is 2.13. The van der Waals surface area contributed by atoms with Crippen molar-refractivity contribution in [2.75, 3.05) is 0 Å². The number of hydrogen-bond acceptors (Lipinski definition) is 1. The van der Waals surface area contributed by atoms with Gasteiger partial charge < -0.3 is 0 Å². The Balaban J connectivity index is 2.10. The van der Waals surface area contributed by atoms with Crippen LogP contribution in [0.15, 0.2) is 89.8 Å². The Morgan fingerprint density at radius 2 is 1.22 bits per heavy atom. The predicted molar refractivity (Wildman–Crippen MR) is 101 cm³/mol. The number of rotatable bonds is 4. The number of halogens is 2. The van der Waals surface area contributed by atoms with E-state index in [0.29, 0.717) is 4.90 Å². The summed E-state index contributed by atoms with van der Waals surface area (Å²) in [4.78, 5) is 1.60. The highest BCUT2D eigenvalue weighted by molar-refractivity contribution is 9.15. The zero-order valence-corrected chi connectivity index (χ0v) is 14.6. The van der Waals surface area contributed by atoms with E-state index >= 15 is 0 Å². The fourth-order valence-corrected chi connectivity index (χ4v) is 3.90. The first kappa shape index (κ1) is 16.0. The largest absolute Gasteiger partial charge is 0.206 e. The highest BCUT2D eigenvalue weighted by Crippen LogP contribution is 2.43. The van der Waals surface area contributed by atoms with Crippen molar-refractivity contribution < 1.29 is 4.39 Å². The third-order valence-corrected chi connectivity index (χ3v) is 5.62. The van der Waals surface area contributed by atoms with E-state index in [-0.39, 0.29) is 5.82 Å². The van der Waals surface area contributed by atoms with Gasteiger partial charge in [-0.05, 0) is 39.2 Å². The van der Waals surface area contributed by atoms with Gasteiger partial charge in [-0.3, -0.25) is 0 Å². The Labute approximate surface area is 148 Å². The fourth-order valence-electron chi connectivity index (χ4n) is 2.17. The first-order valence-electron chi connectivity index (χ1n) is 7.18. The van der Waals surface area contributed by atoms with Crippen molar-refractivity contribution in [1.82, 2.24) is 0 Å². The van der Waals surface area contributed by atoms with Gasteiger partial charge in [0, 0.05) is 14.3 Å². The summed E-state index contributed by atoms with van der Waals surface area (Å²) >= 11 is 5.14. The SMILES string of the molecule is Fc1ccccc1S/C(=C(\Br)c1ccccc1)c1ccccc1. The Morgan fingerprint density at radius 1 is 0.696 bits per heavy atom. The van der Waals surface area contributed by atoms with E-state index in [2.05, 4.69) is 15.9 Å². The van der Waals surface area contributed by atoms with Gasteiger partial charge in [-0.15, -0.1) is 0 Å². The lowest BCUT2D eigenvalue weighted by Gasteiger charge is -2.12. The maximum atomic E-state index is 14.1. The van der Waals surface area contributed by atoms with Crippen molar-refractivity contribution in [3.05, 3.63) is 102 Å². The molecule has 0 aliphatic carbocycles. The van der Waals surface area contributed by atoms with Gasteiger partial charge in [0.15, 0.2) is 0 Å². The topological polar surface area (TPSA) is 0 Å². The molecule has 0 aromatic heterocycles. The number of benzene rings is 3. The monoisotopic (exact) mass is 384 g/mol. The summed E-state index contributed by atoms with van der Waals surface area (Å²) in [7, 11) is 0. The molecule has 3 rings (SSSR count). The molecule has 0 radical (unpaired) electrons. The van der Waals surface area contributed by atoms with Crippen molar-refractivity contribution in [3.63, 3.8) is 0 Å². The van der Waals surface area contributed by atoms with Gasteiger partial charge in [0.1, 0.15) is 5.82 Å². The zero-order chi connectivity index (χ0) is 16.1. The molecule has 0 saturated carbocycles. The van der Waals surface area contributed by atoms with Gasteiger partial charge in [-0.25, -0.2) is 4.39 Å². The van der Waals surface area contributed by atoms with E-state index < -0.39 is 0 Å². The maximum absolute atomic E-state index is 14.1. The molecule has 0 nitrogen and oxygen atoms in total. The van der Waals surface area contributed by atoms with Crippen LogP contribution in [0.2, 0.25) is 0 Å². The summed E-state index contributed by atoms with van der Waals surface area (Å²) in [5, 5.41) is 0. The molecule has 0 spiro atoms. The van der Waals surface area contributed by atoms with Crippen LogP contribution >= 0.6 is 27.7 Å². The number of thioether (sulfide) groups is 1. The van der Waals surface area contributed by atoms with E-state index in [1.807, 2.05) is 66.7 Å². The summed E-state index contributed by atoms with van der Waals surface area (Å²) in [6, 6.07) is 26.9. The lowest BCUT2D eigenvalue weighted by atomic mass is 10.1. The molecule has 0 aliphatic rings. The van der Waals surface area contributed by atoms with Crippen LogP contribution in [0.4, 0.5) is 4.39 Å². The van der Waals surface area contributed by atoms with Crippen LogP contribution in [0.5, 0.6) is 0 Å². The van der Waals surface area contributed by atoms with Gasteiger partial charge in [-0.1, -0.05) is 84.6 Å². The minimum atomic E-state index is -0.209. The zero-order valence-electron chi connectivity index (χ0n) is 12.2. The van der Waals surface area contributed by atoms with Crippen LogP contribution < -0.4 is 0 Å². The second kappa shape index (κ2) is 7.62. The van der Waals surface area contributed by atoms with Crippen molar-refractivity contribution >= 4 is 37.1 Å². The van der Waals surface area contributed by atoms with Crippen molar-refractivity contribution in [2.45, 2.75) is 4.90 Å². The molecule has 0 aliphatic heterocycles. The van der Waals surface area contributed by atoms with Crippen LogP contribution in [0.25, 0.3) is 9.39 Å². The molecule has 23 heavy (non-hydrogen) atoms. The smallest absolute Gasteiger partial charge is 0.137 e. The second-order valence-electron chi connectivity index (χ2n) is 4.91. The normalized spacial score (nSPS) is 11.9. The first-order valence-corrected chi connectivity index (χ1v) is 8.79. The molecule has 0 N–H and O–H groups in total. The van der Waals surface area contributed by atoms with Gasteiger partial charge in [-0.2, -0.15) is 0 Å². The maximum Gasteiger partial charge on any atom is 0.137 e. The van der Waals surface area contributed by atoms with Crippen molar-refractivity contribution in [1.29, 1.82) is 0 Å². The minimum absolute atomic E-state index is 0.209. The van der Waals surface area contributed by atoms with Crippen molar-refractivity contribution in [2.24, 2.45) is 0 Å². The summed E-state index contributed by atoms with van der Waals surface area (Å²) < 4.78 is 15.0. The standard InChI is InChI=1S/C20H14BrFS/c21-19(15-9-3-1-4-10-15)20(16-11-5-2-6-12-16)23-18-14-8-7-13-17(18)22/h1-14H/b20-19-. The van der Waals surface area contributed by atoms with E-state index in [9.17, 15) is 4.39 Å². The summed E-state index contributed by atoms with van der Waals surface area (Å²) in [6.45, 7) is 0. The van der Waals surface area contributed by atoms with Crippen LogP contribution in [0.3, 0.4) is 0 Å². The molecule has 0 unspecified atom stereocenters. The molecule has 0 fully saturated rings. The van der Waals surface area contributed by atoms with E-state index in [1.54, 1.807) is 12.1 Å². The molecule has 0 bridgehead atoms. The molecule has 3 aromatic carbocycles. The van der Waals surface area contributed by atoms with E-state index in [1.165, 1.54) is 17.8 Å². The Hall–Kier alpha value is -1.84. The Kier molecular flexibility index (Phi) is 5.31. The van der Waals surface area contributed by atoms with E-state index in [4.69, 9.17) is 0 Å². The van der Waals surface area contributed by atoms with Gasteiger partial charge in [0.25, 0.3) is 0 Å². The Morgan fingerprint density at radius 3 is 1.83 bits per heavy atom. The molecule has 3 heteroatoms. The first-order chi connectivity index (χ1) is 11.3. The summed E-state index contributed by atoms with van der Waals surface area (Å²) in [6.07, 6.45) is 0. The molecule has 114 valence electrons. The van der Waals surface area contributed by atoms with E-state index in [0.717, 1.165) is 20.5 Å². The third-order valence-electron chi connectivity index (χ3n) is 3.31. The number of hydrogen-bond donors (Lipinski definition) is 0.